The van der Waals surface area contributed by atoms with Crippen LogP contribution in [0.2, 0.25) is 0 Å². The third kappa shape index (κ3) is 5.04. The maximum Gasteiger partial charge on any atom is 0.246 e. The largest absolute Gasteiger partial charge is 0.497 e. The van der Waals surface area contributed by atoms with Crippen molar-refractivity contribution in [1.29, 1.82) is 0 Å². The summed E-state index contributed by atoms with van der Waals surface area (Å²) in [6, 6.07) is 17.8. The zero-order valence-electron chi connectivity index (χ0n) is 16.9. The Hall–Kier alpha value is -3.19. The lowest BCUT2D eigenvalue weighted by Gasteiger charge is -2.33. The van der Waals surface area contributed by atoms with Gasteiger partial charge in [-0.1, -0.05) is 42.5 Å². The number of piperazine rings is 1. The average molecular weight is 421 g/mol. The number of hydrogen-bond acceptors (Lipinski definition) is 6. The van der Waals surface area contributed by atoms with Gasteiger partial charge in [-0.3, -0.25) is 4.79 Å². The molecule has 0 radical (unpaired) electrons. The zero-order chi connectivity index (χ0) is 20.8. The minimum Gasteiger partial charge on any atom is -0.497 e. The number of rotatable bonds is 6. The fourth-order valence-electron chi connectivity index (χ4n) is 3.37. The first-order chi connectivity index (χ1) is 14.7. The lowest BCUT2D eigenvalue weighted by molar-refractivity contribution is -0.126. The predicted molar refractivity (Wildman–Crippen MR) is 120 cm³/mol. The van der Waals surface area contributed by atoms with Crippen LogP contribution in [-0.2, 0) is 11.2 Å². The van der Waals surface area contributed by atoms with Crippen molar-refractivity contribution in [2.24, 2.45) is 0 Å². The van der Waals surface area contributed by atoms with Crippen LogP contribution < -0.4 is 9.64 Å². The van der Waals surface area contributed by atoms with E-state index < -0.39 is 0 Å². The van der Waals surface area contributed by atoms with Gasteiger partial charge in [0.2, 0.25) is 11.0 Å². The number of carbonyl (C=O) groups excluding carboxylic acids is 1. The molecule has 0 saturated carbocycles. The van der Waals surface area contributed by atoms with Crippen molar-refractivity contribution >= 4 is 28.6 Å². The van der Waals surface area contributed by atoms with Gasteiger partial charge >= 0.3 is 0 Å². The lowest BCUT2D eigenvalue weighted by atomic mass is 10.1. The Morgan fingerprint density at radius 1 is 1.10 bits per heavy atom. The van der Waals surface area contributed by atoms with Crippen LogP contribution in [0, 0.1) is 0 Å². The van der Waals surface area contributed by atoms with E-state index in [0.717, 1.165) is 40.9 Å². The van der Waals surface area contributed by atoms with E-state index in [9.17, 15) is 4.79 Å². The first-order valence-electron chi connectivity index (χ1n) is 9.94. The monoisotopic (exact) mass is 420 g/mol. The van der Waals surface area contributed by atoms with Gasteiger partial charge in [0.15, 0.2) is 0 Å². The number of ether oxygens (including phenoxy) is 1. The van der Waals surface area contributed by atoms with E-state index >= 15 is 0 Å². The Morgan fingerprint density at radius 3 is 2.67 bits per heavy atom. The van der Waals surface area contributed by atoms with Crippen molar-refractivity contribution in [3.05, 3.63) is 77.6 Å². The second kappa shape index (κ2) is 9.54. The summed E-state index contributed by atoms with van der Waals surface area (Å²) in [5, 5.41) is 0.917. The third-order valence-electron chi connectivity index (χ3n) is 5.03. The van der Waals surface area contributed by atoms with Crippen molar-refractivity contribution in [3.63, 3.8) is 0 Å². The van der Waals surface area contributed by atoms with E-state index in [1.807, 2.05) is 59.5 Å². The Kier molecular flexibility index (Phi) is 6.39. The van der Waals surface area contributed by atoms with Gasteiger partial charge in [-0.15, -0.1) is 0 Å². The van der Waals surface area contributed by atoms with Gasteiger partial charge in [0.25, 0.3) is 0 Å². The van der Waals surface area contributed by atoms with Crippen LogP contribution in [0.25, 0.3) is 6.08 Å². The minimum absolute atomic E-state index is 0.0504. The van der Waals surface area contributed by atoms with Crippen molar-refractivity contribution in [2.45, 2.75) is 6.42 Å². The van der Waals surface area contributed by atoms with Gasteiger partial charge in [-0.2, -0.15) is 4.37 Å². The molecule has 2 heterocycles. The molecule has 1 saturated heterocycles. The molecule has 0 N–H and O–H groups in total. The van der Waals surface area contributed by atoms with Gasteiger partial charge in [-0.05, 0) is 29.3 Å². The molecule has 2 aromatic carbocycles. The van der Waals surface area contributed by atoms with Crippen molar-refractivity contribution in [3.8, 4) is 5.75 Å². The normalized spacial score (nSPS) is 14.3. The molecule has 0 unspecified atom stereocenters. The van der Waals surface area contributed by atoms with Gasteiger partial charge in [-0.25, -0.2) is 4.98 Å². The van der Waals surface area contributed by atoms with Gasteiger partial charge in [0.05, 0.1) is 7.11 Å². The zero-order valence-corrected chi connectivity index (χ0v) is 17.7. The van der Waals surface area contributed by atoms with Crippen molar-refractivity contribution in [1.82, 2.24) is 14.3 Å². The molecule has 6 nitrogen and oxygen atoms in total. The Morgan fingerprint density at radius 2 is 1.90 bits per heavy atom. The average Bonchev–Trinajstić information content (AvgIpc) is 3.27. The molecule has 1 aliphatic heterocycles. The third-order valence-corrected chi connectivity index (χ3v) is 5.85. The Bertz CT molecular complexity index is 1010. The molecule has 4 rings (SSSR count). The molecular formula is C23H24N4O2S. The summed E-state index contributed by atoms with van der Waals surface area (Å²) in [5.41, 5.74) is 2.15. The molecule has 7 heteroatoms. The van der Waals surface area contributed by atoms with Crippen LogP contribution in [0.15, 0.2) is 60.7 Å². The second-order valence-electron chi connectivity index (χ2n) is 7.08. The number of amides is 1. The number of anilines is 1. The van der Waals surface area contributed by atoms with Crippen molar-refractivity contribution < 1.29 is 9.53 Å². The SMILES string of the molecule is COc1cccc(Cc2nsc(N3CCN(C(=O)C=Cc4ccccc4)CC3)n2)c1. The van der Waals surface area contributed by atoms with E-state index in [0.29, 0.717) is 19.5 Å². The number of benzene rings is 2. The van der Waals surface area contributed by atoms with E-state index in [4.69, 9.17) is 9.72 Å². The summed E-state index contributed by atoms with van der Waals surface area (Å²) in [5.74, 6) is 1.70. The van der Waals surface area contributed by atoms with E-state index in [-0.39, 0.29) is 5.91 Å². The fraction of sp³-hybridized carbons (Fsp3) is 0.261. The maximum absolute atomic E-state index is 12.5. The van der Waals surface area contributed by atoms with E-state index in [1.54, 1.807) is 13.2 Å². The molecule has 1 fully saturated rings. The first-order valence-corrected chi connectivity index (χ1v) is 10.7. The van der Waals surface area contributed by atoms with Crippen LogP contribution in [0.4, 0.5) is 5.13 Å². The summed E-state index contributed by atoms with van der Waals surface area (Å²) in [6.45, 7) is 2.89. The number of aromatic nitrogens is 2. The van der Waals surface area contributed by atoms with Crippen LogP contribution in [-0.4, -0.2) is 53.5 Å². The summed E-state index contributed by atoms with van der Waals surface area (Å²) in [7, 11) is 1.67. The highest BCUT2D eigenvalue weighted by Gasteiger charge is 2.22. The number of methoxy groups -OCH3 is 1. The molecule has 1 amide bonds. The topological polar surface area (TPSA) is 58.6 Å². The van der Waals surface area contributed by atoms with Gasteiger partial charge in [0, 0.05) is 50.2 Å². The Labute approximate surface area is 180 Å². The molecule has 1 aliphatic rings. The summed E-state index contributed by atoms with van der Waals surface area (Å²) in [6.07, 6.45) is 4.20. The highest BCUT2D eigenvalue weighted by Crippen LogP contribution is 2.22. The molecule has 0 bridgehead atoms. The predicted octanol–water partition coefficient (Wildman–Crippen LogP) is 3.50. The van der Waals surface area contributed by atoms with Crippen LogP contribution >= 0.6 is 11.5 Å². The van der Waals surface area contributed by atoms with E-state index in [2.05, 4.69) is 15.3 Å². The summed E-state index contributed by atoms with van der Waals surface area (Å²) >= 11 is 1.42. The molecule has 154 valence electrons. The molecule has 1 aromatic heterocycles. The summed E-state index contributed by atoms with van der Waals surface area (Å²) in [4.78, 5) is 21.3. The van der Waals surface area contributed by atoms with Crippen molar-refractivity contribution in [2.75, 3.05) is 38.2 Å². The smallest absolute Gasteiger partial charge is 0.246 e. The fourth-order valence-corrected chi connectivity index (χ4v) is 4.10. The first kappa shape index (κ1) is 20.1. The highest BCUT2D eigenvalue weighted by atomic mass is 32.1. The molecular weight excluding hydrogens is 396 g/mol. The highest BCUT2D eigenvalue weighted by molar-refractivity contribution is 7.09. The second-order valence-corrected chi connectivity index (χ2v) is 7.81. The molecule has 0 atom stereocenters. The number of nitrogens with zero attached hydrogens (tertiary/aromatic N) is 4. The lowest BCUT2D eigenvalue weighted by Crippen LogP contribution is -2.48. The van der Waals surface area contributed by atoms with Crippen LogP contribution in [0.1, 0.15) is 17.0 Å². The van der Waals surface area contributed by atoms with Gasteiger partial charge in [0.1, 0.15) is 11.6 Å². The minimum atomic E-state index is 0.0504. The quantitative estimate of drug-likeness (QED) is 0.571. The number of hydrogen-bond donors (Lipinski definition) is 0. The molecule has 30 heavy (non-hydrogen) atoms. The number of carbonyl (C=O) groups is 1. The van der Waals surface area contributed by atoms with Crippen LogP contribution in [0.3, 0.4) is 0 Å². The summed E-state index contributed by atoms with van der Waals surface area (Å²) < 4.78 is 9.80. The molecule has 0 aliphatic carbocycles. The van der Waals surface area contributed by atoms with E-state index in [1.165, 1.54) is 11.5 Å². The van der Waals surface area contributed by atoms with Gasteiger partial charge < -0.3 is 14.5 Å². The molecule has 0 spiro atoms. The standard InChI is InChI=1S/C23H24N4O2S/c1-29-20-9-5-8-19(16-20)17-21-24-23(30-25-21)27-14-12-26(13-15-27)22(28)11-10-18-6-3-2-4-7-18/h2-11,16H,12-15,17H2,1H3. The Balaban J connectivity index is 1.31. The van der Waals surface area contributed by atoms with Crippen LogP contribution in [0.5, 0.6) is 5.75 Å². The molecule has 3 aromatic rings. The maximum atomic E-state index is 12.5.